The SMILES string of the molecule is CN1CCN(C(=O)c2ccc3c(c2)[nH]c2c(C(N)=O)ccc(-c4ncc5cc[nH]c5c4F)c23)CC1. The van der Waals surface area contributed by atoms with Crippen molar-refractivity contribution < 1.29 is 14.0 Å². The van der Waals surface area contributed by atoms with E-state index in [9.17, 15) is 9.59 Å². The van der Waals surface area contributed by atoms with Crippen molar-refractivity contribution >= 4 is 44.5 Å². The minimum absolute atomic E-state index is 0.0427. The molecule has 0 radical (unpaired) electrons. The highest BCUT2D eigenvalue weighted by Gasteiger charge is 2.23. The average molecular weight is 471 g/mol. The Morgan fingerprint density at radius 1 is 1.06 bits per heavy atom. The minimum atomic E-state index is -0.602. The minimum Gasteiger partial charge on any atom is -0.366 e. The van der Waals surface area contributed by atoms with E-state index in [1.54, 1.807) is 42.7 Å². The van der Waals surface area contributed by atoms with Gasteiger partial charge in [0, 0.05) is 71.4 Å². The van der Waals surface area contributed by atoms with Gasteiger partial charge < -0.3 is 25.5 Å². The van der Waals surface area contributed by atoms with Crippen LogP contribution >= 0.6 is 0 Å². The third kappa shape index (κ3) is 3.35. The number of aromatic amines is 2. The number of piperazine rings is 1. The average Bonchev–Trinajstić information content (AvgIpc) is 3.49. The van der Waals surface area contributed by atoms with Gasteiger partial charge in [0.1, 0.15) is 5.69 Å². The molecule has 3 aromatic heterocycles. The molecule has 0 aliphatic carbocycles. The number of aromatic nitrogens is 3. The Bertz CT molecular complexity index is 1640. The summed E-state index contributed by atoms with van der Waals surface area (Å²) in [6, 6.07) is 10.4. The number of likely N-dealkylation sites (N-methyl/N-ethyl adjacent to an activating group) is 1. The quantitative estimate of drug-likeness (QED) is 0.375. The molecule has 0 unspecified atom stereocenters. The molecule has 8 nitrogen and oxygen atoms in total. The predicted octanol–water partition coefficient (Wildman–Crippen LogP) is 3.49. The van der Waals surface area contributed by atoms with E-state index in [0.29, 0.717) is 51.5 Å². The van der Waals surface area contributed by atoms with E-state index >= 15 is 4.39 Å². The zero-order chi connectivity index (χ0) is 24.3. The van der Waals surface area contributed by atoms with Crippen molar-refractivity contribution in [3.05, 3.63) is 65.7 Å². The van der Waals surface area contributed by atoms with E-state index in [4.69, 9.17) is 5.73 Å². The van der Waals surface area contributed by atoms with Gasteiger partial charge in [-0.05, 0) is 31.3 Å². The molecule has 6 rings (SSSR count). The zero-order valence-corrected chi connectivity index (χ0v) is 19.1. The highest BCUT2D eigenvalue weighted by molar-refractivity contribution is 6.20. The topological polar surface area (TPSA) is 111 Å². The van der Waals surface area contributed by atoms with Crippen LogP contribution in [-0.4, -0.2) is 69.8 Å². The van der Waals surface area contributed by atoms with E-state index in [0.717, 1.165) is 18.5 Å². The normalized spacial score (nSPS) is 14.9. The van der Waals surface area contributed by atoms with Crippen LogP contribution in [0.1, 0.15) is 20.7 Å². The first-order valence-electron chi connectivity index (χ1n) is 11.4. The standard InChI is InChI=1S/C26H23FN6O2/c1-32-8-10-33(11-9-32)26(35)14-2-3-16-19(12-14)31-23-18(25(28)34)5-4-17(20(16)23)24-21(27)22-15(13-30-24)6-7-29-22/h2-7,12-13,29,31H,8-11H2,1H3,(H2,28,34). The molecule has 4 N–H and O–H groups in total. The second-order valence-electron chi connectivity index (χ2n) is 8.98. The molecule has 2 amide bonds. The third-order valence-electron chi connectivity index (χ3n) is 6.85. The van der Waals surface area contributed by atoms with E-state index in [2.05, 4.69) is 19.9 Å². The molecule has 4 heterocycles. The number of carbonyl (C=O) groups excluding carboxylic acids is 2. The van der Waals surface area contributed by atoms with E-state index in [1.165, 1.54) is 0 Å². The van der Waals surface area contributed by atoms with Gasteiger partial charge >= 0.3 is 0 Å². The summed E-state index contributed by atoms with van der Waals surface area (Å²) in [7, 11) is 2.04. The van der Waals surface area contributed by atoms with Crippen LogP contribution in [0.2, 0.25) is 0 Å². The van der Waals surface area contributed by atoms with Crippen molar-refractivity contribution in [2.75, 3.05) is 33.2 Å². The summed E-state index contributed by atoms with van der Waals surface area (Å²) in [6.07, 6.45) is 3.27. The smallest absolute Gasteiger partial charge is 0.254 e. The molecule has 1 fully saturated rings. The molecular weight excluding hydrogens is 447 g/mol. The molecular formula is C26H23FN6O2. The van der Waals surface area contributed by atoms with Crippen LogP contribution in [0.3, 0.4) is 0 Å². The molecule has 2 aromatic carbocycles. The van der Waals surface area contributed by atoms with Crippen LogP contribution in [0, 0.1) is 5.82 Å². The summed E-state index contributed by atoms with van der Waals surface area (Å²) in [5, 5.41) is 2.05. The molecule has 9 heteroatoms. The first kappa shape index (κ1) is 21.3. The van der Waals surface area contributed by atoms with Crippen LogP contribution in [0.4, 0.5) is 4.39 Å². The number of pyridine rings is 1. The molecule has 0 atom stereocenters. The van der Waals surface area contributed by atoms with Gasteiger partial charge in [0.25, 0.3) is 11.8 Å². The maximum absolute atomic E-state index is 15.4. The summed E-state index contributed by atoms with van der Waals surface area (Å²) in [4.78, 5) is 39.9. The second kappa shape index (κ2) is 7.92. The highest BCUT2D eigenvalue weighted by atomic mass is 19.1. The molecule has 0 bridgehead atoms. The van der Waals surface area contributed by atoms with E-state index in [1.807, 2.05) is 18.0 Å². The Morgan fingerprint density at radius 3 is 2.63 bits per heavy atom. The van der Waals surface area contributed by atoms with Gasteiger partial charge in [-0.1, -0.05) is 12.1 Å². The maximum Gasteiger partial charge on any atom is 0.254 e. The summed E-state index contributed by atoms with van der Waals surface area (Å²) < 4.78 is 15.4. The number of carbonyl (C=O) groups is 2. The Hall–Kier alpha value is -4.24. The van der Waals surface area contributed by atoms with Gasteiger partial charge in [-0.15, -0.1) is 0 Å². The number of hydrogen-bond acceptors (Lipinski definition) is 4. The van der Waals surface area contributed by atoms with Crippen LogP contribution in [0.5, 0.6) is 0 Å². The number of primary amides is 1. The summed E-state index contributed by atoms with van der Waals surface area (Å²) in [5.41, 5.74) is 8.69. The number of nitrogens with two attached hydrogens (primary N) is 1. The molecule has 0 saturated carbocycles. The number of amides is 2. The lowest BCUT2D eigenvalue weighted by molar-refractivity contribution is 0.0664. The predicted molar refractivity (Wildman–Crippen MR) is 133 cm³/mol. The van der Waals surface area contributed by atoms with Gasteiger partial charge in [-0.25, -0.2) is 4.39 Å². The number of H-pyrrole nitrogens is 2. The molecule has 1 aliphatic rings. The largest absolute Gasteiger partial charge is 0.366 e. The number of nitrogens with zero attached hydrogens (tertiary/aromatic N) is 3. The first-order chi connectivity index (χ1) is 16.9. The summed E-state index contributed by atoms with van der Waals surface area (Å²) in [6.45, 7) is 3.00. The number of hydrogen-bond donors (Lipinski definition) is 3. The number of halogens is 1. The van der Waals surface area contributed by atoms with Crippen LogP contribution in [-0.2, 0) is 0 Å². The zero-order valence-electron chi connectivity index (χ0n) is 19.1. The Kier molecular flexibility index (Phi) is 4.82. The van der Waals surface area contributed by atoms with Gasteiger partial charge in [-0.3, -0.25) is 14.6 Å². The second-order valence-corrected chi connectivity index (χ2v) is 8.98. The van der Waals surface area contributed by atoms with Gasteiger partial charge in [0.05, 0.1) is 16.6 Å². The maximum atomic E-state index is 15.4. The van der Waals surface area contributed by atoms with Crippen molar-refractivity contribution in [2.24, 2.45) is 5.73 Å². The lowest BCUT2D eigenvalue weighted by Crippen LogP contribution is -2.47. The third-order valence-corrected chi connectivity index (χ3v) is 6.85. The van der Waals surface area contributed by atoms with Crippen LogP contribution in [0.25, 0.3) is 44.0 Å². The van der Waals surface area contributed by atoms with E-state index < -0.39 is 11.7 Å². The molecule has 1 aliphatic heterocycles. The lowest BCUT2D eigenvalue weighted by Gasteiger charge is -2.32. The fourth-order valence-corrected chi connectivity index (χ4v) is 4.92. The van der Waals surface area contributed by atoms with Gasteiger partial charge in [-0.2, -0.15) is 0 Å². The Morgan fingerprint density at radius 2 is 1.86 bits per heavy atom. The van der Waals surface area contributed by atoms with Crippen molar-refractivity contribution in [1.82, 2.24) is 24.8 Å². The van der Waals surface area contributed by atoms with Crippen molar-refractivity contribution in [3.63, 3.8) is 0 Å². The first-order valence-corrected chi connectivity index (χ1v) is 11.4. The van der Waals surface area contributed by atoms with Crippen LogP contribution < -0.4 is 5.73 Å². The number of nitrogens with one attached hydrogen (secondary N) is 2. The van der Waals surface area contributed by atoms with Gasteiger partial charge in [0.15, 0.2) is 5.82 Å². The van der Waals surface area contributed by atoms with Gasteiger partial charge in [0.2, 0.25) is 0 Å². The molecule has 35 heavy (non-hydrogen) atoms. The van der Waals surface area contributed by atoms with E-state index in [-0.39, 0.29) is 17.2 Å². The lowest BCUT2D eigenvalue weighted by atomic mass is 9.98. The molecule has 0 spiro atoms. The molecule has 5 aromatic rings. The monoisotopic (exact) mass is 470 g/mol. The fraction of sp³-hybridized carbons (Fsp3) is 0.192. The summed E-state index contributed by atoms with van der Waals surface area (Å²) in [5.74, 6) is -1.12. The summed E-state index contributed by atoms with van der Waals surface area (Å²) >= 11 is 0. The highest BCUT2D eigenvalue weighted by Crippen LogP contribution is 2.38. The Labute approximate surface area is 199 Å². The van der Waals surface area contributed by atoms with Crippen LogP contribution in [0.15, 0.2) is 48.8 Å². The fourth-order valence-electron chi connectivity index (χ4n) is 4.92. The number of fused-ring (bicyclic) bond motifs is 4. The Balaban J connectivity index is 1.54. The number of rotatable bonds is 3. The van der Waals surface area contributed by atoms with Crippen molar-refractivity contribution in [2.45, 2.75) is 0 Å². The number of benzene rings is 2. The van der Waals surface area contributed by atoms with Crippen molar-refractivity contribution in [1.29, 1.82) is 0 Å². The molecule has 176 valence electrons. The van der Waals surface area contributed by atoms with Crippen molar-refractivity contribution in [3.8, 4) is 11.3 Å². The molecule has 1 saturated heterocycles.